The van der Waals surface area contributed by atoms with Gasteiger partial charge in [0, 0.05) is 25.0 Å². The number of nitrogens with zero attached hydrogens (tertiary/aromatic N) is 1. The highest BCUT2D eigenvalue weighted by atomic mass is 16.5. The van der Waals surface area contributed by atoms with Gasteiger partial charge in [-0.3, -0.25) is 4.90 Å². The Morgan fingerprint density at radius 1 is 1.15 bits per heavy atom. The van der Waals surface area contributed by atoms with E-state index in [1.807, 2.05) is 24.3 Å². The molecule has 1 saturated heterocycles. The van der Waals surface area contributed by atoms with E-state index < -0.39 is 0 Å². The third-order valence-electron chi connectivity index (χ3n) is 5.84. The number of ether oxygens (including phenoxy) is 1. The standard InChI is InChI=1S/C23H28N2O2/c1-27-23(26)20-9-7-17(8-10-20)15-25-12-11-18(16-25)14-24-22-13-21(22)19-5-3-2-4-6-19/h2-10,18,21-22,24H,11-16H2,1H3/t18?,21-,22?/m0/s1. The number of carbonyl (C=O) groups excluding carboxylic acids is 1. The van der Waals surface area contributed by atoms with Crippen LogP contribution in [0.3, 0.4) is 0 Å². The molecule has 2 fully saturated rings. The number of methoxy groups -OCH3 is 1. The topological polar surface area (TPSA) is 41.6 Å². The summed E-state index contributed by atoms with van der Waals surface area (Å²) in [4.78, 5) is 14.0. The highest BCUT2D eigenvalue weighted by molar-refractivity contribution is 5.89. The number of benzene rings is 2. The number of hydrogen-bond acceptors (Lipinski definition) is 4. The van der Waals surface area contributed by atoms with Crippen molar-refractivity contribution in [2.24, 2.45) is 5.92 Å². The normalized spacial score (nSPS) is 24.7. The average molecular weight is 364 g/mol. The first-order valence-corrected chi connectivity index (χ1v) is 9.91. The van der Waals surface area contributed by atoms with Crippen molar-refractivity contribution < 1.29 is 9.53 Å². The molecule has 3 atom stereocenters. The maximum Gasteiger partial charge on any atom is 0.337 e. The Hall–Kier alpha value is -2.17. The smallest absolute Gasteiger partial charge is 0.337 e. The summed E-state index contributed by atoms with van der Waals surface area (Å²) in [6.45, 7) is 4.37. The number of carbonyl (C=O) groups is 1. The van der Waals surface area contributed by atoms with Crippen molar-refractivity contribution in [3.8, 4) is 0 Å². The van der Waals surface area contributed by atoms with Crippen LogP contribution >= 0.6 is 0 Å². The molecule has 0 spiro atoms. The Labute approximate surface area is 161 Å². The minimum atomic E-state index is -0.275. The van der Waals surface area contributed by atoms with Crippen LogP contribution in [0.25, 0.3) is 0 Å². The van der Waals surface area contributed by atoms with Gasteiger partial charge in [-0.05, 0) is 55.1 Å². The molecule has 1 aliphatic heterocycles. The molecule has 27 heavy (non-hydrogen) atoms. The van der Waals surface area contributed by atoms with Crippen LogP contribution in [0.15, 0.2) is 54.6 Å². The molecule has 1 N–H and O–H groups in total. The molecule has 142 valence electrons. The third kappa shape index (κ3) is 4.57. The Kier molecular flexibility index (Phi) is 5.55. The zero-order chi connectivity index (χ0) is 18.6. The van der Waals surface area contributed by atoms with Crippen LogP contribution in [0.5, 0.6) is 0 Å². The SMILES string of the molecule is COC(=O)c1ccc(CN2CCC(CNC3C[C@H]3c3ccccc3)C2)cc1. The summed E-state index contributed by atoms with van der Waals surface area (Å²) in [7, 11) is 1.42. The minimum Gasteiger partial charge on any atom is -0.465 e. The Bertz CT molecular complexity index is 760. The van der Waals surface area contributed by atoms with E-state index in [-0.39, 0.29) is 5.97 Å². The molecular weight excluding hydrogens is 336 g/mol. The van der Waals surface area contributed by atoms with Gasteiger partial charge in [0.1, 0.15) is 0 Å². The van der Waals surface area contributed by atoms with E-state index in [0.29, 0.717) is 17.5 Å². The molecule has 0 aromatic heterocycles. The monoisotopic (exact) mass is 364 g/mol. The van der Waals surface area contributed by atoms with Gasteiger partial charge in [0.15, 0.2) is 0 Å². The molecular formula is C23H28N2O2. The number of likely N-dealkylation sites (tertiary alicyclic amines) is 1. The first-order valence-electron chi connectivity index (χ1n) is 9.91. The molecule has 2 aliphatic rings. The van der Waals surface area contributed by atoms with Gasteiger partial charge in [0.05, 0.1) is 12.7 Å². The van der Waals surface area contributed by atoms with Crippen molar-refractivity contribution in [2.75, 3.05) is 26.7 Å². The van der Waals surface area contributed by atoms with Crippen molar-refractivity contribution >= 4 is 5.97 Å². The van der Waals surface area contributed by atoms with Crippen molar-refractivity contribution in [1.82, 2.24) is 10.2 Å². The molecule has 4 nitrogen and oxygen atoms in total. The predicted molar refractivity (Wildman–Crippen MR) is 107 cm³/mol. The first kappa shape index (κ1) is 18.2. The lowest BCUT2D eigenvalue weighted by atomic mass is 10.1. The van der Waals surface area contributed by atoms with Crippen molar-refractivity contribution in [3.63, 3.8) is 0 Å². The molecule has 0 radical (unpaired) electrons. The highest BCUT2D eigenvalue weighted by Crippen LogP contribution is 2.40. The molecule has 4 heteroatoms. The van der Waals surface area contributed by atoms with Crippen LogP contribution in [0.4, 0.5) is 0 Å². The van der Waals surface area contributed by atoms with E-state index in [2.05, 4.69) is 40.5 Å². The second-order valence-corrected chi connectivity index (χ2v) is 7.85. The molecule has 2 aromatic rings. The number of hydrogen-bond donors (Lipinski definition) is 1. The summed E-state index contributed by atoms with van der Waals surface area (Å²) in [5, 5.41) is 3.78. The predicted octanol–water partition coefficient (Wildman–Crippen LogP) is 3.44. The van der Waals surface area contributed by atoms with Gasteiger partial charge in [-0.15, -0.1) is 0 Å². The summed E-state index contributed by atoms with van der Waals surface area (Å²) < 4.78 is 4.75. The number of nitrogens with one attached hydrogen (secondary N) is 1. The fourth-order valence-electron chi connectivity index (χ4n) is 4.15. The van der Waals surface area contributed by atoms with Crippen molar-refractivity contribution in [1.29, 1.82) is 0 Å². The van der Waals surface area contributed by atoms with Crippen LogP contribution in [0.2, 0.25) is 0 Å². The number of rotatable bonds is 7. The summed E-state index contributed by atoms with van der Waals surface area (Å²) in [5.74, 6) is 1.16. The van der Waals surface area contributed by atoms with E-state index in [4.69, 9.17) is 4.74 Å². The zero-order valence-corrected chi connectivity index (χ0v) is 15.9. The van der Waals surface area contributed by atoms with E-state index in [1.54, 1.807) is 0 Å². The first-order chi connectivity index (χ1) is 13.2. The van der Waals surface area contributed by atoms with E-state index in [1.165, 1.54) is 31.1 Å². The maximum absolute atomic E-state index is 11.5. The Morgan fingerprint density at radius 3 is 2.67 bits per heavy atom. The largest absolute Gasteiger partial charge is 0.465 e. The van der Waals surface area contributed by atoms with E-state index >= 15 is 0 Å². The molecule has 1 aliphatic carbocycles. The molecule has 1 heterocycles. The Balaban J connectivity index is 1.20. The lowest BCUT2D eigenvalue weighted by molar-refractivity contribution is 0.0600. The quantitative estimate of drug-likeness (QED) is 0.764. The zero-order valence-electron chi connectivity index (χ0n) is 15.9. The van der Waals surface area contributed by atoms with Gasteiger partial charge >= 0.3 is 5.97 Å². The van der Waals surface area contributed by atoms with Crippen LogP contribution in [-0.4, -0.2) is 43.7 Å². The maximum atomic E-state index is 11.5. The van der Waals surface area contributed by atoms with E-state index in [0.717, 1.165) is 32.1 Å². The molecule has 1 saturated carbocycles. The lowest BCUT2D eigenvalue weighted by Crippen LogP contribution is -2.28. The second kappa shape index (κ2) is 8.24. The van der Waals surface area contributed by atoms with Crippen LogP contribution in [0.1, 0.15) is 40.2 Å². The van der Waals surface area contributed by atoms with Crippen LogP contribution < -0.4 is 5.32 Å². The third-order valence-corrected chi connectivity index (χ3v) is 5.84. The summed E-state index contributed by atoms with van der Waals surface area (Å²) in [5.41, 5.74) is 3.34. The summed E-state index contributed by atoms with van der Waals surface area (Å²) >= 11 is 0. The number of esters is 1. The molecule has 2 unspecified atom stereocenters. The second-order valence-electron chi connectivity index (χ2n) is 7.85. The molecule has 4 rings (SSSR count). The Morgan fingerprint density at radius 2 is 1.93 bits per heavy atom. The molecule has 0 amide bonds. The molecule has 2 aromatic carbocycles. The van der Waals surface area contributed by atoms with Crippen molar-refractivity contribution in [3.05, 3.63) is 71.3 Å². The fourth-order valence-corrected chi connectivity index (χ4v) is 4.15. The van der Waals surface area contributed by atoms with Crippen molar-refractivity contribution in [2.45, 2.75) is 31.3 Å². The van der Waals surface area contributed by atoms with Gasteiger partial charge < -0.3 is 10.1 Å². The summed E-state index contributed by atoms with van der Waals surface area (Å²) in [6, 6.07) is 19.3. The van der Waals surface area contributed by atoms with Gasteiger partial charge in [-0.25, -0.2) is 4.79 Å². The van der Waals surface area contributed by atoms with Crippen LogP contribution in [-0.2, 0) is 11.3 Å². The minimum absolute atomic E-state index is 0.275. The van der Waals surface area contributed by atoms with Crippen LogP contribution in [0, 0.1) is 5.92 Å². The lowest BCUT2D eigenvalue weighted by Gasteiger charge is -2.16. The summed E-state index contributed by atoms with van der Waals surface area (Å²) in [6.07, 6.45) is 2.53. The van der Waals surface area contributed by atoms with Gasteiger partial charge in [-0.2, -0.15) is 0 Å². The van der Waals surface area contributed by atoms with Gasteiger partial charge in [0.25, 0.3) is 0 Å². The van der Waals surface area contributed by atoms with Gasteiger partial charge in [-0.1, -0.05) is 42.5 Å². The highest BCUT2D eigenvalue weighted by Gasteiger charge is 2.38. The van der Waals surface area contributed by atoms with Gasteiger partial charge in [0.2, 0.25) is 0 Å². The van der Waals surface area contributed by atoms with E-state index in [9.17, 15) is 4.79 Å². The fraction of sp³-hybridized carbons (Fsp3) is 0.435. The molecule has 0 bridgehead atoms. The average Bonchev–Trinajstić information content (AvgIpc) is 3.37.